The van der Waals surface area contributed by atoms with Crippen LogP contribution in [-0.4, -0.2) is 31.1 Å². The fraction of sp³-hybridized carbons (Fsp3) is 0.294. The number of halogens is 1. The maximum absolute atomic E-state index is 5.79. The summed E-state index contributed by atoms with van der Waals surface area (Å²) in [6.45, 7) is 5.31. The molecule has 0 saturated carbocycles. The number of hydrogen-bond acceptors (Lipinski definition) is 3. The Morgan fingerprint density at radius 3 is 2.33 bits per heavy atom. The Kier molecular flexibility index (Phi) is 4.46. The van der Waals surface area contributed by atoms with Crippen LogP contribution in [0.15, 0.2) is 53.0 Å². The Morgan fingerprint density at radius 2 is 1.67 bits per heavy atom. The van der Waals surface area contributed by atoms with E-state index in [2.05, 4.69) is 62.1 Å². The van der Waals surface area contributed by atoms with Crippen molar-refractivity contribution >= 4 is 27.3 Å². The summed E-state index contributed by atoms with van der Waals surface area (Å²) in [6, 6.07) is 16.7. The molecule has 1 fully saturated rings. The van der Waals surface area contributed by atoms with Crippen LogP contribution in [0.25, 0.3) is 0 Å². The molecule has 3 nitrogen and oxygen atoms in total. The summed E-state index contributed by atoms with van der Waals surface area (Å²) in [5.74, 6) is 0. The molecule has 3 rings (SSSR count). The zero-order chi connectivity index (χ0) is 14.7. The minimum atomic E-state index is 0.805. The quantitative estimate of drug-likeness (QED) is 0.865. The van der Waals surface area contributed by atoms with Gasteiger partial charge in [0.1, 0.15) is 0 Å². The number of benzene rings is 2. The van der Waals surface area contributed by atoms with E-state index in [-0.39, 0.29) is 0 Å². The highest BCUT2D eigenvalue weighted by molar-refractivity contribution is 9.10. The number of para-hydroxylation sites is 1. The average Bonchev–Trinajstić information content (AvgIpc) is 2.52. The highest BCUT2D eigenvalue weighted by Gasteiger charge is 2.17. The van der Waals surface area contributed by atoms with Crippen molar-refractivity contribution in [2.45, 2.75) is 6.54 Å². The normalized spacial score (nSPS) is 16.1. The van der Waals surface area contributed by atoms with Crippen molar-refractivity contribution < 1.29 is 0 Å². The molecule has 0 amide bonds. The lowest BCUT2D eigenvalue weighted by Gasteiger charge is -2.36. The molecule has 21 heavy (non-hydrogen) atoms. The summed E-state index contributed by atoms with van der Waals surface area (Å²) in [6.07, 6.45) is 0. The molecule has 1 aliphatic heterocycles. The maximum atomic E-state index is 5.79. The first kappa shape index (κ1) is 14.4. The first-order valence-electron chi connectivity index (χ1n) is 7.28. The molecular formula is C17H20BrN3. The minimum absolute atomic E-state index is 0.805. The molecule has 0 bridgehead atoms. The highest BCUT2D eigenvalue weighted by Crippen LogP contribution is 2.22. The van der Waals surface area contributed by atoms with E-state index >= 15 is 0 Å². The van der Waals surface area contributed by atoms with Crippen LogP contribution in [0.4, 0.5) is 11.4 Å². The molecule has 1 saturated heterocycles. The van der Waals surface area contributed by atoms with Gasteiger partial charge in [0.2, 0.25) is 0 Å². The molecule has 4 heteroatoms. The van der Waals surface area contributed by atoms with E-state index in [9.17, 15) is 0 Å². The second kappa shape index (κ2) is 6.50. The Morgan fingerprint density at radius 1 is 0.952 bits per heavy atom. The van der Waals surface area contributed by atoms with Gasteiger partial charge in [0.25, 0.3) is 0 Å². The van der Waals surface area contributed by atoms with Gasteiger partial charge in [0, 0.05) is 48.6 Å². The molecule has 0 radical (unpaired) electrons. The third kappa shape index (κ3) is 3.57. The molecule has 2 aromatic rings. The molecule has 1 heterocycles. The van der Waals surface area contributed by atoms with Gasteiger partial charge in [-0.05, 0) is 29.8 Å². The highest BCUT2D eigenvalue weighted by atomic mass is 79.9. The van der Waals surface area contributed by atoms with Crippen LogP contribution < -0.4 is 10.6 Å². The molecule has 1 aliphatic rings. The molecule has 0 aliphatic carbocycles. The van der Waals surface area contributed by atoms with Crippen molar-refractivity contribution in [1.29, 1.82) is 0 Å². The summed E-state index contributed by atoms with van der Waals surface area (Å²) in [7, 11) is 0. The van der Waals surface area contributed by atoms with Crippen molar-refractivity contribution in [3.63, 3.8) is 0 Å². The minimum Gasteiger partial charge on any atom is -0.399 e. The largest absolute Gasteiger partial charge is 0.399 e. The second-order valence-electron chi connectivity index (χ2n) is 5.45. The predicted molar refractivity (Wildman–Crippen MR) is 92.5 cm³/mol. The molecular weight excluding hydrogens is 326 g/mol. The van der Waals surface area contributed by atoms with Crippen molar-refractivity contribution in [3.05, 3.63) is 58.6 Å². The van der Waals surface area contributed by atoms with Gasteiger partial charge >= 0.3 is 0 Å². The van der Waals surface area contributed by atoms with E-state index in [1.807, 2.05) is 12.1 Å². The van der Waals surface area contributed by atoms with Crippen molar-refractivity contribution in [1.82, 2.24) is 4.90 Å². The van der Waals surface area contributed by atoms with E-state index in [1.165, 1.54) is 11.3 Å². The van der Waals surface area contributed by atoms with Crippen LogP contribution in [0.2, 0.25) is 0 Å². The summed E-state index contributed by atoms with van der Waals surface area (Å²) >= 11 is 3.61. The van der Waals surface area contributed by atoms with Crippen molar-refractivity contribution in [2.75, 3.05) is 36.8 Å². The lowest BCUT2D eigenvalue weighted by molar-refractivity contribution is 0.249. The van der Waals surface area contributed by atoms with Crippen molar-refractivity contribution in [3.8, 4) is 0 Å². The zero-order valence-corrected chi connectivity index (χ0v) is 13.6. The lowest BCUT2D eigenvalue weighted by Crippen LogP contribution is -2.46. The second-order valence-corrected chi connectivity index (χ2v) is 6.30. The average molecular weight is 346 g/mol. The van der Waals surface area contributed by atoms with Gasteiger partial charge in [0.15, 0.2) is 0 Å². The molecule has 110 valence electrons. The van der Waals surface area contributed by atoms with Crippen LogP contribution in [-0.2, 0) is 6.54 Å². The Hall–Kier alpha value is -1.52. The van der Waals surface area contributed by atoms with Crippen LogP contribution in [0.1, 0.15) is 5.56 Å². The number of nitrogens with zero attached hydrogens (tertiary/aromatic N) is 2. The SMILES string of the molecule is Nc1ccc(CN2CCN(c3ccccc3)CC2)c(Br)c1. The molecule has 2 aromatic carbocycles. The Bertz CT molecular complexity index is 592. The van der Waals surface area contributed by atoms with Gasteiger partial charge in [-0.3, -0.25) is 4.90 Å². The molecule has 0 atom stereocenters. The van der Waals surface area contributed by atoms with Gasteiger partial charge in [0.05, 0.1) is 0 Å². The Labute approximate surface area is 134 Å². The van der Waals surface area contributed by atoms with Crippen LogP contribution in [0.3, 0.4) is 0 Å². The number of nitrogens with two attached hydrogens (primary N) is 1. The van der Waals surface area contributed by atoms with Crippen LogP contribution in [0, 0.1) is 0 Å². The first-order chi connectivity index (χ1) is 10.2. The number of rotatable bonds is 3. The zero-order valence-electron chi connectivity index (χ0n) is 12.0. The number of hydrogen-bond donors (Lipinski definition) is 1. The topological polar surface area (TPSA) is 32.5 Å². The smallest absolute Gasteiger partial charge is 0.0367 e. The number of anilines is 2. The van der Waals surface area contributed by atoms with Gasteiger partial charge in [-0.25, -0.2) is 0 Å². The molecule has 0 unspecified atom stereocenters. The summed E-state index contributed by atoms with van der Waals surface area (Å²) in [5.41, 5.74) is 9.23. The fourth-order valence-corrected chi connectivity index (χ4v) is 3.26. The van der Waals surface area contributed by atoms with Crippen LogP contribution in [0.5, 0.6) is 0 Å². The number of piperazine rings is 1. The fourth-order valence-electron chi connectivity index (χ4n) is 2.74. The van der Waals surface area contributed by atoms with E-state index in [4.69, 9.17) is 5.73 Å². The van der Waals surface area contributed by atoms with Gasteiger partial charge in [-0.1, -0.05) is 40.2 Å². The van der Waals surface area contributed by atoms with Gasteiger partial charge in [-0.2, -0.15) is 0 Å². The third-order valence-corrected chi connectivity index (χ3v) is 4.70. The first-order valence-corrected chi connectivity index (χ1v) is 8.08. The van der Waals surface area contributed by atoms with E-state index in [0.29, 0.717) is 0 Å². The maximum Gasteiger partial charge on any atom is 0.0367 e. The Balaban J connectivity index is 1.59. The summed E-state index contributed by atoms with van der Waals surface area (Å²) < 4.78 is 1.10. The standard InChI is InChI=1S/C17H20BrN3/c18-17-12-15(19)7-6-14(17)13-20-8-10-21(11-9-20)16-4-2-1-3-5-16/h1-7,12H,8-11,13,19H2. The van der Waals surface area contributed by atoms with E-state index in [0.717, 1.165) is 42.9 Å². The van der Waals surface area contributed by atoms with E-state index in [1.54, 1.807) is 0 Å². The van der Waals surface area contributed by atoms with E-state index < -0.39 is 0 Å². The van der Waals surface area contributed by atoms with Gasteiger partial charge < -0.3 is 10.6 Å². The lowest BCUT2D eigenvalue weighted by atomic mass is 10.1. The molecule has 2 N–H and O–H groups in total. The number of nitrogen functional groups attached to an aromatic ring is 1. The molecule has 0 spiro atoms. The summed E-state index contributed by atoms with van der Waals surface area (Å²) in [5, 5.41) is 0. The van der Waals surface area contributed by atoms with Crippen molar-refractivity contribution in [2.24, 2.45) is 0 Å². The summed E-state index contributed by atoms with van der Waals surface area (Å²) in [4.78, 5) is 4.95. The monoisotopic (exact) mass is 345 g/mol. The van der Waals surface area contributed by atoms with Crippen LogP contribution >= 0.6 is 15.9 Å². The molecule has 0 aromatic heterocycles. The third-order valence-electron chi connectivity index (χ3n) is 3.96. The van der Waals surface area contributed by atoms with Gasteiger partial charge in [-0.15, -0.1) is 0 Å². The predicted octanol–water partition coefficient (Wildman–Crippen LogP) is 3.35.